The van der Waals surface area contributed by atoms with Crippen molar-refractivity contribution in [3.8, 4) is 10.4 Å². The molecule has 1 unspecified atom stereocenters. The first-order valence-corrected chi connectivity index (χ1v) is 13.9. The molecule has 1 fully saturated rings. The monoisotopic (exact) mass is 538 g/mol. The smallest absolute Gasteiger partial charge is 0.254 e. The molecule has 2 aliphatic rings. The van der Waals surface area contributed by atoms with Gasteiger partial charge in [-0.1, -0.05) is 42.5 Å². The van der Waals surface area contributed by atoms with Crippen LogP contribution >= 0.6 is 22.7 Å². The number of benzene rings is 1. The van der Waals surface area contributed by atoms with Crippen molar-refractivity contribution in [2.24, 2.45) is 11.8 Å². The topological polar surface area (TPSA) is 84.4 Å². The van der Waals surface area contributed by atoms with Gasteiger partial charge in [-0.15, -0.1) is 21.5 Å². The summed E-state index contributed by atoms with van der Waals surface area (Å²) < 4.78 is 19.6. The van der Waals surface area contributed by atoms with E-state index in [9.17, 15) is 14.0 Å². The Morgan fingerprint density at radius 1 is 1.16 bits per heavy atom. The molecule has 0 bridgehead atoms. The number of nitrogens with one attached hydrogen (secondary N) is 1. The van der Waals surface area contributed by atoms with Gasteiger partial charge in [-0.25, -0.2) is 4.39 Å². The zero-order valence-corrected chi connectivity index (χ0v) is 21.9. The first kappa shape index (κ1) is 25.4. The fourth-order valence-electron chi connectivity index (χ4n) is 4.76. The number of aromatic nitrogens is 2. The van der Waals surface area contributed by atoms with Gasteiger partial charge < -0.3 is 15.0 Å². The quantitative estimate of drug-likeness (QED) is 0.428. The lowest BCUT2D eigenvalue weighted by Gasteiger charge is -2.29. The molecule has 2 amide bonds. The van der Waals surface area contributed by atoms with Crippen LogP contribution in [-0.2, 0) is 9.53 Å². The van der Waals surface area contributed by atoms with Gasteiger partial charge in [0.15, 0.2) is 0 Å². The molecule has 3 aromatic rings. The SMILES string of the molecule is C[C@@H](C(=O)Nc1nncs1)[C@@H](c1ccc(-c2ccc(C(=O)N3CCOCC3)cc2)s1)C1C=CC=C(F)C1. The second kappa shape index (κ2) is 11.5. The summed E-state index contributed by atoms with van der Waals surface area (Å²) in [5, 5.41) is 11.0. The first-order valence-electron chi connectivity index (χ1n) is 12.2. The Bertz CT molecular complexity index is 1300. The van der Waals surface area contributed by atoms with Crippen LogP contribution in [0.1, 0.15) is 34.5 Å². The van der Waals surface area contributed by atoms with Crippen molar-refractivity contribution in [1.82, 2.24) is 15.1 Å². The first-order chi connectivity index (χ1) is 18.0. The van der Waals surface area contributed by atoms with Gasteiger partial charge >= 0.3 is 0 Å². The number of amides is 2. The largest absolute Gasteiger partial charge is 0.378 e. The molecule has 0 spiro atoms. The van der Waals surface area contributed by atoms with E-state index in [0.717, 1.165) is 15.3 Å². The number of hydrogen-bond donors (Lipinski definition) is 1. The summed E-state index contributed by atoms with van der Waals surface area (Å²) in [6, 6.07) is 11.7. The number of morpholine rings is 1. The van der Waals surface area contributed by atoms with Gasteiger partial charge in [0.2, 0.25) is 11.0 Å². The summed E-state index contributed by atoms with van der Waals surface area (Å²) in [7, 11) is 0. The molecule has 37 heavy (non-hydrogen) atoms. The predicted octanol–water partition coefficient (Wildman–Crippen LogP) is 5.53. The lowest BCUT2D eigenvalue weighted by atomic mass is 9.77. The van der Waals surface area contributed by atoms with Crippen LogP contribution in [0.3, 0.4) is 0 Å². The van der Waals surface area contributed by atoms with Crippen molar-refractivity contribution in [1.29, 1.82) is 0 Å². The Morgan fingerprint density at radius 3 is 2.65 bits per heavy atom. The highest BCUT2D eigenvalue weighted by Crippen LogP contribution is 2.43. The molecule has 0 radical (unpaired) electrons. The maximum absolute atomic E-state index is 14.2. The number of halogens is 1. The molecule has 2 aromatic heterocycles. The summed E-state index contributed by atoms with van der Waals surface area (Å²) in [5.41, 5.74) is 3.20. The number of hydrogen-bond acceptors (Lipinski definition) is 7. The van der Waals surface area contributed by atoms with E-state index < -0.39 is 5.92 Å². The van der Waals surface area contributed by atoms with Gasteiger partial charge in [0.1, 0.15) is 11.3 Å². The minimum absolute atomic E-state index is 0.0104. The number of ether oxygens (including phenoxy) is 1. The molecular formula is C27H27FN4O3S2. The molecule has 192 valence electrons. The summed E-state index contributed by atoms with van der Waals surface area (Å²) in [6.45, 7) is 4.21. The fraction of sp³-hybridized carbons (Fsp3) is 0.333. The summed E-state index contributed by atoms with van der Waals surface area (Å²) in [5.74, 6) is -1.15. The van der Waals surface area contributed by atoms with E-state index in [0.29, 0.717) is 37.0 Å². The standard InChI is InChI=1S/C27H27FN4O3S2/c1-17(25(33)30-27-31-29-16-36-27)24(20-3-2-4-21(28)15-20)23-10-9-22(37-23)18-5-7-19(8-6-18)26(34)32-11-13-35-14-12-32/h2-10,16-17,20,24H,11-15H2,1H3,(H,30,31,33)/t17-,20?,24-/m1/s1. The van der Waals surface area contributed by atoms with Gasteiger partial charge in [0, 0.05) is 46.7 Å². The van der Waals surface area contributed by atoms with Crippen LogP contribution in [-0.4, -0.2) is 53.2 Å². The molecule has 7 nitrogen and oxygen atoms in total. The van der Waals surface area contributed by atoms with Crippen molar-refractivity contribution in [2.45, 2.75) is 19.3 Å². The highest BCUT2D eigenvalue weighted by atomic mass is 32.1. The molecule has 10 heteroatoms. The third-order valence-electron chi connectivity index (χ3n) is 6.74. The summed E-state index contributed by atoms with van der Waals surface area (Å²) >= 11 is 2.85. The Morgan fingerprint density at radius 2 is 1.95 bits per heavy atom. The molecular weight excluding hydrogens is 511 g/mol. The van der Waals surface area contributed by atoms with Crippen molar-refractivity contribution < 1.29 is 18.7 Å². The van der Waals surface area contributed by atoms with Gasteiger partial charge in [-0.3, -0.25) is 9.59 Å². The van der Waals surface area contributed by atoms with Gasteiger partial charge in [-0.05, 0) is 41.8 Å². The van der Waals surface area contributed by atoms with Gasteiger partial charge in [0.05, 0.1) is 13.2 Å². The number of allylic oxidation sites excluding steroid dienone is 4. The van der Waals surface area contributed by atoms with E-state index in [1.807, 2.05) is 54.3 Å². The van der Waals surface area contributed by atoms with Crippen molar-refractivity contribution in [3.63, 3.8) is 0 Å². The van der Waals surface area contributed by atoms with E-state index in [2.05, 4.69) is 15.5 Å². The van der Waals surface area contributed by atoms with Crippen LogP contribution in [0.2, 0.25) is 0 Å². The van der Waals surface area contributed by atoms with Gasteiger partial charge in [0.25, 0.3) is 5.91 Å². The third kappa shape index (κ3) is 5.87. The van der Waals surface area contributed by atoms with Crippen molar-refractivity contribution >= 4 is 39.6 Å². The number of anilines is 1. The Hall–Kier alpha value is -3.21. The fourth-order valence-corrected chi connectivity index (χ4v) is 6.50. The Labute approximate surface area is 222 Å². The Kier molecular flexibility index (Phi) is 7.87. The number of carbonyl (C=O) groups is 2. The maximum Gasteiger partial charge on any atom is 0.254 e. The molecule has 1 aliphatic carbocycles. The number of carbonyl (C=O) groups excluding carboxylic acids is 2. The molecule has 0 saturated carbocycles. The van der Waals surface area contributed by atoms with Crippen LogP contribution in [0.25, 0.3) is 10.4 Å². The van der Waals surface area contributed by atoms with Crippen LogP contribution in [0.5, 0.6) is 0 Å². The molecule has 1 aromatic carbocycles. The van der Waals surface area contributed by atoms with Crippen LogP contribution in [0, 0.1) is 11.8 Å². The third-order valence-corrected chi connectivity index (χ3v) is 8.58. The highest BCUT2D eigenvalue weighted by Gasteiger charge is 2.34. The van der Waals surface area contributed by atoms with E-state index >= 15 is 0 Å². The molecule has 3 heterocycles. The number of thiophene rings is 1. The van der Waals surface area contributed by atoms with Crippen molar-refractivity contribution in [2.75, 3.05) is 31.6 Å². The lowest BCUT2D eigenvalue weighted by molar-refractivity contribution is -0.120. The highest BCUT2D eigenvalue weighted by molar-refractivity contribution is 7.15. The second-order valence-corrected chi connectivity index (χ2v) is 11.0. The van der Waals surface area contributed by atoms with Crippen LogP contribution in [0.15, 0.2) is 66.0 Å². The lowest BCUT2D eigenvalue weighted by Crippen LogP contribution is -2.40. The van der Waals surface area contributed by atoms with Gasteiger partial charge in [-0.2, -0.15) is 0 Å². The van der Waals surface area contributed by atoms with E-state index in [-0.39, 0.29) is 35.9 Å². The minimum atomic E-state index is -0.426. The number of rotatable bonds is 7. The zero-order valence-electron chi connectivity index (χ0n) is 20.3. The normalized spacial score (nSPS) is 19.2. The molecule has 1 saturated heterocycles. The summed E-state index contributed by atoms with van der Waals surface area (Å²) in [6.07, 6.45) is 5.43. The van der Waals surface area contributed by atoms with E-state index in [1.165, 1.54) is 17.4 Å². The summed E-state index contributed by atoms with van der Waals surface area (Å²) in [4.78, 5) is 29.7. The molecule has 5 rings (SSSR count). The number of nitrogens with zero attached hydrogens (tertiary/aromatic N) is 3. The van der Waals surface area contributed by atoms with Crippen LogP contribution in [0.4, 0.5) is 9.52 Å². The second-order valence-electron chi connectivity index (χ2n) is 9.10. The predicted molar refractivity (Wildman–Crippen MR) is 143 cm³/mol. The molecule has 1 aliphatic heterocycles. The average Bonchev–Trinajstić information content (AvgIpc) is 3.62. The minimum Gasteiger partial charge on any atom is -0.378 e. The average molecular weight is 539 g/mol. The van der Waals surface area contributed by atoms with E-state index in [1.54, 1.807) is 22.9 Å². The molecule has 3 atom stereocenters. The van der Waals surface area contributed by atoms with Crippen molar-refractivity contribution in [3.05, 3.63) is 76.4 Å². The molecule has 1 N–H and O–H groups in total. The van der Waals surface area contributed by atoms with Crippen LogP contribution < -0.4 is 5.32 Å². The Balaban J connectivity index is 1.36. The zero-order chi connectivity index (χ0) is 25.8. The van der Waals surface area contributed by atoms with E-state index in [4.69, 9.17) is 4.74 Å². The maximum atomic E-state index is 14.2.